The van der Waals surface area contributed by atoms with Crippen LogP contribution in [0.2, 0.25) is 0 Å². The van der Waals surface area contributed by atoms with Crippen LogP contribution in [0.5, 0.6) is 0 Å². The van der Waals surface area contributed by atoms with E-state index in [1.165, 1.54) is 25.1 Å². The molecule has 2 N–H and O–H groups in total. The molecule has 0 radical (unpaired) electrons. The van der Waals surface area contributed by atoms with Gasteiger partial charge < -0.3 is 5.73 Å². The van der Waals surface area contributed by atoms with Crippen molar-refractivity contribution in [3.63, 3.8) is 0 Å². The van der Waals surface area contributed by atoms with Crippen molar-refractivity contribution in [2.75, 3.05) is 13.1 Å². The largest absolute Gasteiger partial charge is 0.329 e. The number of nitrogens with two attached hydrogens (primary N) is 1. The lowest BCUT2D eigenvalue weighted by molar-refractivity contribution is 0.0979. The number of aromatic nitrogens is 1. The van der Waals surface area contributed by atoms with Gasteiger partial charge >= 0.3 is 0 Å². The molecule has 0 spiro atoms. The quantitative estimate of drug-likeness (QED) is 0.921. The number of thiazole rings is 1. The van der Waals surface area contributed by atoms with Crippen LogP contribution in [0.15, 0.2) is 5.38 Å². The molecular weight excluding hydrogens is 254 g/mol. The molecule has 3 nitrogen and oxygen atoms in total. The molecule has 5 heteroatoms. The molecule has 1 saturated heterocycles. The Bertz CT molecular complexity index is 342. The first-order valence-electron chi connectivity index (χ1n) is 6.06. The first-order chi connectivity index (χ1) is 7.70. The van der Waals surface area contributed by atoms with Crippen molar-refractivity contribution in [1.29, 1.82) is 0 Å². The van der Waals surface area contributed by atoms with Gasteiger partial charge in [0.1, 0.15) is 0 Å². The van der Waals surface area contributed by atoms with Crippen LogP contribution in [0.3, 0.4) is 0 Å². The Morgan fingerprint density at radius 1 is 1.59 bits per heavy atom. The molecule has 0 aliphatic carbocycles. The van der Waals surface area contributed by atoms with Crippen molar-refractivity contribution in [1.82, 2.24) is 9.88 Å². The second-order valence-electron chi connectivity index (χ2n) is 4.75. The molecule has 2 unspecified atom stereocenters. The van der Waals surface area contributed by atoms with Crippen molar-refractivity contribution in [3.8, 4) is 0 Å². The van der Waals surface area contributed by atoms with Gasteiger partial charge in [-0.1, -0.05) is 6.92 Å². The monoisotopic (exact) mass is 275 g/mol. The average Bonchev–Trinajstić information content (AvgIpc) is 2.64. The fraction of sp³-hybridized carbons (Fsp3) is 0.750. The van der Waals surface area contributed by atoms with Crippen LogP contribution in [0.4, 0.5) is 0 Å². The molecule has 1 aliphatic heterocycles. The van der Waals surface area contributed by atoms with Gasteiger partial charge in [-0.25, -0.2) is 4.98 Å². The van der Waals surface area contributed by atoms with E-state index >= 15 is 0 Å². The van der Waals surface area contributed by atoms with E-state index in [9.17, 15) is 0 Å². The van der Waals surface area contributed by atoms with Crippen molar-refractivity contribution < 1.29 is 0 Å². The minimum atomic E-state index is 0. The summed E-state index contributed by atoms with van der Waals surface area (Å²) >= 11 is 1.73. The van der Waals surface area contributed by atoms with Crippen molar-refractivity contribution in [3.05, 3.63) is 16.1 Å². The van der Waals surface area contributed by atoms with E-state index in [1.54, 1.807) is 11.3 Å². The Hall–Kier alpha value is -0.160. The zero-order valence-corrected chi connectivity index (χ0v) is 12.2. The Morgan fingerprint density at radius 3 is 2.94 bits per heavy atom. The van der Waals surface area contributed by atoms with E-state index in [2.05, 4.69) is 29.1 Å². The fourth-order valence-corrected chi connectivity index (χ4v) is 3.20. The smallest absolute Gasteiger partial charge is 0.0897 e. The van der Waals surface area contributed by atoms with Crippen LogP contribution in [0, 0.1) is 12.8 Å². The van der Waals surface area contributed by atoms with Gasteiger partial charge in [-0.15, -0.1) is 23.7 Å². The Balaban J connectivity index is 0.00000144. The molecule has 0 bridgehead atoms. The van der Waals surface area contributed by atoms with E-state index in [0.717, 1.165) is 24.0 Å². The normalized spacial score (nSPS) is 25.6. The summed E-state index contributed by atoms with van der Waals surface area (Å²) in [6.07, 6.45) is 2.61. The van der Waals surface area contributed by atoms with Crippen LogP contribution >= 0.6 is 23.7 Å². The zero-order valence-electron chi connectivity index (χ0n) is 10.6. The second kappa shape index (κ2) is 6.69. The molecule has 0 aromatic carbocycles. The highest BCUT2D eigenvalue weighted by Gasteiger charge is 2.27. The van der Waals surface area contributed by atoms with Crippen LogP contribution in [-0.4, -0.2) is 29.0 Å². The third kappa shape index (κ3) is 3.65. The minimum Gasteiger partial charge on any atom is -0.329 e. The van der Waals surface area contributed by atoms with Gasteiger partial charge in [0, 0.05) is 24.5 Å². The van der Waals surface area contributed by atoms with Gasteiger partial charge in [0.25, 0.3) is 0 Å². The maximum atomic E-state index is 5.88. The summed E-state index contributed by atoms with van der Waals surface area (Å²) in [4.78, 5) is 7.04. The molecule has 98 valence electrons. The van der Waals surface area contributed by atoms with Crippen LogP contribution < -0.4 is 5.73 Å². The number of aryl methyl sites for hydroxylation is 1. The maximum absolute atomic E-state index is 5.88. The number of halogens is 1. The van der Waals surface area contributed by atoms with E-state index in [4.69, 9.17) is 5.73 Å². The number of nitrogens with zero attached hydrogens (tertiary/aromatic N) is 2. The van der Waals surface area contributed by atoms with Gasteiger partial charge in [0.15, 0.2) is 0 Å². The molecule has 1 aromatic heterocycles. The third-order valence-corrected chi connectivity index (χ3v) is 4.33. The van der Waals surface area contributed by atoms with Crippen LogP contribution in [0.1, 0.15) is 30.5 Å². The molecule has 0 saturated carbocycles. The van der Waals surface area contributed by atoms with Gasteiger partial charge in [-0.3, -0.25) is 4.90 Å². The van der Waals surface area contributed by atoms with Crippen molar-refractivity contribution in [2.24, 2.45) is 11.7 Å². The van der Waals surface area contributed by atoms with Crippen LogP contribution in [-0.2, 0) is 6.54 Å². The Kier molecular flexibility index (Phi) is 5.86. The third-order valence-electron chi connectivity index (χ3n) is 3.50. The standard InChI is InChI=1S/C12H21N3S.ClH/c1-9-4-3-5-15(12(9)6-13)7-11-8-16-10(2)14-11;/h8-9,12H,3-7,13H2,1-2H3;1H. The number of piperidine rings is 1. The second-order valence-corrected chi connectivity index (χ2v) is 5.81. The summed E-state index contributed by atoms with van der Waals surface area (Å²) in [5.74, 6) is 0.721. The number of hydrogen-bond donors (Lipinski definition) is 1. The average molecular weight is 276 g/mol. The lowest BCUT2D eigenvalue weighted by Gasteiger charge is -2.39. The first-order valence-corrected chi connectivity index (χ1v) is 6.94. The van der Waals surface area contributed by atoms with E-state index in [1.807, 2.05) is 0 Å². The minimum absolute atomic E-state index is 0. The highest BCUT2D eigenvalue weighted by molar-refractivity contribution is 7.09. The molecule has 1 aromatic rings. The van der Waals surface area contributed by atoms with E-state index in [0.29, 0.717) is 6.04 Å². The lowest BCUT2D eigenvalue weighted by atomic mass is 9.91. The first kappa shape index (κ1) is 14.9. The zero-order chi connectivity index (χ0) is 11.5. The summed E-state index contributed by atoms with van der Waals surface area (Å²) in [6, 6.07) is 0.538. The summed E-state index contributed by atoms with van der Waals surface area (Å²) < 4.78 is 0. The summed E-state index contributed by atoms with van der Waals surface area (Å²) in [6.45, 7) is 7.28. The molecule has 1 aliphatic rings. The van der Waals surface area contributed by atoms with E-state index in [-0.39, 0.29) is 12.4 Å². The molecule has 2 atom stereocenters. The number of rotatable bonds is 3. The van der Waals surface area contributed by atoms with Crippen molar-refractivity contribution in [2.45, 2.75) is 39.3 Å². The summed E-state index contributed by atoms with van der Waals surface area (Å²) in [5, 5.41) is 3.33. The number of hydrogen-bond acceptors (Lipinski definition) is 4. The van der Waals surface area contributed by atoms with Gasteiger partial charge in [0.2, 0.25) is 0 Å². The SMILES string of the molecule is Cc1nc(CN2CCCC(C)C2CN)cs1.Cl. The summed E-state index contributed by atoms with van der Waals surface area (Å²) in [7, 11) is 0. The lowest BCUT2D eigenvalue weighted by Crippen LogP contribution is -2.48. The maximum Gasteiger partial charge on any atom is 0.0897 e. The topological polar surface area (TPSA) is 42.2 Å². The molecular formula is C12H22ClN3S. The van der Waals surface area contributed by atoms with E-state index < -0.39 is 0 Å². The predicted molar refractivity (Wildman–Crippen MR) is 75.7 cm³/mol. The molecule has 2 heterocycles. The fourth-order valence-electron chi connectivity index (χ4n) is 2.60. The van der Waals surface area contributed by atoms with Crippen LogP contribution in [0.25, 0.3) is 0 Å². The highest BCUT2D eigenvalue weighted by atomic mass is 35.5. The molecule has 1 fully saturated rings. The molecule has 0 amide bonds. The number of likely N-dealkylation sites (tertiary alicyclic amines) is 1. The van der Waals surface area contributed by atoms with Gasteiger partial charge in [-0.2, -0.15) is 0 Å². The molecule has 17 heavy (non-hydrogen) atoms. The summed E-state index contributed by atoms with van der Waals surface area (Å²) in [5.41, 5.74) is 7.09. The van der Waals surface area contributed by atoms with Gasteiger partial charge in [-0.05, 0) is 32.2 Å². The van der Waals surface area contributed by atoms with Crippen molar-refractivity contribution >= 4 is 23.7 Å². The highest BCUT2D eigenvalue weighted by Crippen LogP contribution is 2.24. The predicted octanol–water partition coefficient (Wildman–Crippen LogP) is 2.43. The Labute approximate surface area is 114 Å². The Morgan fingerprint density at radius 2 is 2.35 bits per heavy atom. The van der Waals surface area contributed by atoms with Gasteiger partial charge in [0.05, 0.1) is 10.7 Å². The molecule has 2 rings (SSSR count).